The van der Waals surface area contributed by atoms with Crippen molar-refractivity contribution in [2.24, 2.45) is 5.92 Å². The number of carbonyl (C=O) groups excluding carboxylic acids is 1. The lowest BCUT2D eigenvalue weighted by atomic mass is 10.2. The highest BCUT2D eigenvalue weighted by atomic mass is 79.9. The predicted octanol–water partition coefficient (Wildman–Crippen LogP) is 2.57. The molecule has 0 aliphatic carbocycles. The van der Waals surface area contributed by atoms with E-state index in [-0.39, 0.29) is 5.91 Å². The van der Waals surface area contributed by atoms with Gasteiger partial charge in [0.05, 0.1) is 5.56 Å². The van der Waals surface area contributed by atoms with Crippen molar-refractivity contribution < 1.29 is 4.79 Å². The summed E-state index contributed by atoms with van der Waals surface area (Å²) in [4.78, 5) is 15.8. The average molecular weight is 303 g/mol. The second-order valence-corrected chi connectivity index (χ2v) is 5.27. The molecule has 16 heavy (non-hydrogen) atoms. The third-order valence-corrected chi connectivity index (χ3v) is 3.60. The van der Waals surface area contributed by atoms with Crippen molar-refractivity contribution in [3.8, 4) is 0 Å². The topological polar surface area (TPSA) is 42.0 Å². The SMILES string of the molecule is CSCC(C)CNC(=O)c1cccnc1Br. The molecule has 0 bridgehead atoms. The van der Waals surface area contributed by atoms with Crippen molar-refractivity contribution in [3.63, 3.8) is 0 Å². The Morgan fingerprint density at radius 2 is 2.44 bits per heavy atom. The standard InChI is InChI=1S/C11H15BrN2OS/c1-8(7-16-2)6-14-11(15)9-4-3-5-13-10(9)12/h3-5,8H,6-7H2,1-2H3,(H,14,15). The van der Waals surface area contributed by atoms with Crippen LogP contribution in [0.15, 0.2) is 22.9 Å². The maximum atomic E-state index is 11.8. The van der Waals surface area contributed by atoms with Gasteiger partial charge in [-0.1, -0.05) is 6.92 Å². The first-order valence-electron chi connectivity index (χ1n) is 5.02. The lowest BCUT2D eigenvalue weighted by Gasteiger charge is -2.11. The summed E-state index contributed by atoms with van der Waals surface area (Å²) in [5.41, 5.74) is 0.582. The fourth-order valence-corrected chi connectivity index (χ4v) is 2.38. The van der Waals surface area contributed by atoms with Crippen molar-refractivity contribution in [1.29, 1.82) is 0 Å². The number of hydrogen-bond acceptors (Lipinski definition) is 3. The lowest BCUT2D eigenvalue weighted by molar-refractivity contribution is 0.0948. The molecule has 0 saturated carbocycles. The minimum absolute atomic E-state index is 0.0760. The molecule has 0 aliphatic heterocycles. The van der Waals surface area contributed by atoms with Crippen LogP contribution in [0.3, 0.4) is 0 Å². The molecule has 1 N–H and O–H groups in total. The minimum atomic E-state index is -0.0760. The summed E-state index contributed by atoms with van der Waals surface area (Å²) in [7, 11) is 0. The number of aromatic nitrogens is 1. The molecule has 1 heterocycles. The Morgan fingerprint density at radius 3 is 3.06 bits per heavy atom. The van der Waals surface area contributed by atoms with Crippen LogP contribution in [0.25, 0.3) is 0 Å². The van der Waals surface area contributed by atoms with E-state index in [1.54, 1.807) is 30.1 Å². The van der Waals surface area contributed by atoms with Gasteiger partial charge in [-0.25, -0.2) is 4.98 Å². The van der Waals surface area contributed by atoms with E-state index in [2.05, 4.69) is 39.4 Å². The van der Waals surface area contributed by atoms with Gasteiger partial charge in [-0.3, -0.25) is 4.79 Å². The normalized spacial score (nSPS) is 12.2. The summed E-state index contributed by atoms with van der Waals surface area (Å²) in [6.07, 6.45) is 3.72. The Labute approximate surface area is 109 Å². The van der Waals surface area contributed by atoms with Crippen LogP contribution in [0.4, 0.5) is 0 Å². The quantitative estimate of drug-likeness (QED) is 0.850. The first-order chi connectivity index (χ1) is 7.65. The monoisotopic (exact) mass is 302 g/mol. The van der Waals surface area contributed by atoms with E-state index in [1.807, 2.05) is 0 Å². The highest BCUT2D eigenvalue weighted by molar-refractivity contribution is 9.10. The fraction of sp³-hybridized carbons (Fsp3) is 0.455. The van der Waals surface area contributed by atoms with Crippen molar-refractivity contribution in [1.82, 2.24) is 10.3 Å². The van der Waals surface area contributed by atoms with Gasteiger partial charge in [0.25, 0.3) is 5.91 Å². The summed E-state index contributed by atoms with van der Waals surface area (Å²) < 4.78 is 0.588. The lowest BCUT2D eigenvalue weighted by Crippen LogP contribution is -2.29. The van der Waals surface area contributed by atoms with Crippen LogP contribution < -0.4 is 5.32 Å². The maximum Gasteiger partial charge on any atom is 0.254 e. The largest absolute Gasteiger partial charge is 0.352 e. The Morgan fingerprint density at radius 1 is 1.69 bits per heavy atom. The average Bonchev–Trinajstić information content (AvgIpc) is 2.27. The van der Waals surface area contributed by atoms with Crippen LogP contribution in [0.2, 0.25) is 0 Å². The van der Waals surface area contributed by atoms with Crippen molar-refractivity contribution >= 4 is 33.6 Å². The summed E-state index contributed by atoms with van der Waals surface area (Å²) in [6, 6.07) is 3.51. The van der Waals surface area contributed by atoms with Gasteiger partial charge >= 0.3 is 0 Å². The third-order valence-electron chi connectivity index (χ3n) is 2.07. The van der Waals surface area contributed by atoms with Crippen molar-refractivity contribution in [2.75, 3.05) is 18.6 Å². The molecule has 1 rings (SSSR count). The molecule has 0 radical (unpaired) electrons. The van der Waals surface area contributed by atoms with Gasteiger partial charge in [0.2, 0.25) is 0 Å². The zero-order chi connectivity index (χ0) is 12.0. The number of nitrogens with one attached hydrogen (secondary N) is 1. The van der Waals surface area contributed by atoms with Gasteiger partial charge in [-0.15, -0.1) is 0 Å². The second-order valence-electron chi connectivity index (χ2n) is 3.61. The van der Waals surface area contributed by atoms with Crippen LogP contribution in [0.1, 0.15) is 17.3 Å². The van der Waals surface area contributed by atoms with Gasteiger partial charge in [0.1, 0.15) is 4.60 Å². The number of pyridine rings is 1. The summed E-state index contributed by atoms with van der Waals surface area (Å²) in [5, 5.41) is 2.90. The van der Waals surface area contributed by atoms with Gasteiger partial charge < -0.3 is 5.32 Å². The Bertz CT molecular complexity index is 360. The zero-order valence-corrected chi connectivity index (χ0v) is 11.8. The molecule has 0 aliphatic rings. The third kappa shape index (κ3) is 4.14. The van der Waals surface area contributed by atoms with Crippen LogP contribution >= 0.6 is 27.7 Å². The number of nitrogens with zero attached hydrogens (tertiary/aromatic N) is 1. The molecule has 1 aromatic rings. The molecule has 88 valence electrons. The Balaban J connectivity index is 2.50. The first kappa shape index (κ1) is 13.5. The molecule has 1 amide bonds. The van der Waals surface area contributed by atoms with Crippen molar-refractivity contribution in [2.45, 2.75) is 6.92 Å². The number of amides is 1. The molecule has 1 unspecified atom stereocenters. The van der Waals surface area contributed by atoms with E-state index in [0.29, 0.717) is 22.6 Å². The van der Waals surface area contributed by atoms with E-state index in [1.165, 1.54) is 0 Å². The molecule has 1 aromatic heterocycles. The predicted molar refractivity (Wildman–Crippen MR) is 71.8 cm³/mol. The fourth-order valence-electron chi connectivity index (χ4n) is 1.26. The molecule has 0 saturated heterocycles. The number of hydrogen-bond donors (Lipinski definition) is 1. The Kier molecular flexibility index (Phi) is 5.84. The highest BCUT2D eigenvalue weighted by Gasteiger charge is 2.10. The molecular weight excluding hydrogens is 288 g/mol. The summed E-state index contributed by atoms with van der Waals surface area (Å²) >= 11 is 5.05. The molecule has 0 fully saturated rings. The van der Waals surface area contributed by atoms with E-state index in [0.717, 1.165) is 5.75 Å². The smallest absolute Gasteiger partial charge is 0.254 e. The number of rotatable bonds is 5. The minimum Gasteiger partial charge on any atom is -0.352 e. The maximum absolute atomic E-state index is 11.8. The summed E-state index contributed by atoms with van der Waals surface area (Å²) in [6.45, 7) is 2.82. The summed E-state index contributed by atoms with van der Waals surface area (Å²) in [5.74, 6) is 1.46. The molecule has 0 spiro atoms. The number of halogens is 1. The van der Waals surface area contributed by atoms with E-state index < -0.39 is 0 Å². The molecule has 0 aromatic carbocycles. The Hall–Kier alpha value is -0.550. The number of carbonyl (C=O) groups is 1. The van der Waals surface area contributed by atoms with Gasteiger partial charge in [0.15, 0.2) is 0 Å². The van der Waals surface area contributed by atoms with Crippen LogP contribution in [0.5, 0.6) is 0 Å². The highest BCUT2D eigenvalue weighted by Crippen LogP contribution is 2.12. The first-order valence-corrected chi connectivity index (χ1v) is 7.21. The van der Waals surface area contributed by atoms with Crippen LogP contribution in [0, 0.1) is 5.92 Å². The van der Waals surface area contributed by atoms with Gasteiger partial charge in [0, 0.05) is 12.7 Å². The van der Waals surface area contributed by atoms with Gasteiger partial charge in [-0.2, -0.15) is 11.8 Å². The van der Waals surface area contributed by atoms with E-state index >= 15 is 0 Å². The molecule has 1 atom stereocenters. The second kappa shape index (κ2) is 6.91. The van der Waals surface area contributed by atoms with Gasteiger partial charge in [-0.05, 0) is 46.0 Å². The molecule has 5 heteroatoms. The molecule has 3 nitrogen and oxygen atoms in total. The van der Waals surface area contributed by atoms with E-state index in [9.17, 15) is 4.79 Å². The number of thioether (sulfide) groups is 1. The zero-order valence-electron chi connectivity index (χ0n) is 9.37. The molecular formula is C11H15BrN2OS. The van der Waals surface area contributed by atoms with Crippen LogP contribution in [-0.2, 0) is 0 Å². The van der Waals surface area contributed by atoms with Crippen molar-refractivity contribution in [3.05, 3.63) is 28.5 Å². The van der Waals surface area contributed by atoms with E-state index in [4.69, 9.17) is 0 Å². The van der Waals surface area contributed by atoms with Crippen LogP contribution in [-0.4, -0.2) is 29.4 Å².